The van der Waals surface area contributed by atoms with E-state index in [1.165, 1.54) is 7.11 Å². The maximum absolute atomic E-state index is 12.4. The molecule has 2 rings (SSSR count). The van der Waals surface area contributed by atoms with Crippen LogP contribution in [0.2, 0.25) is 0 Å². The van der Waals surface area contributed by atoms with Gasteiger partial charge >= 0.3 is 12.0 Å². The van der Waals surface area contributed by atoms with Gasteiger partial charge < -0.3 is 24.4 Å². The van der Waals surface area contributed by atoms with Crippen molar-refractivity contribution in [1.82, 2.24) is 4.90 Å². The van der Waals surface area contributed by atoms with Crippen LogP contribution >= 0.6 is 0 Å². The number of nitrogens with zero attached hydrogens (tertiary/aromatic N) is 1. The zero-order valence-corrected chi connectivity index (χ0v) is 13.6. The van der Waals surface area contributed by atoms with Crippen molar-refractivity contribution in [2.45, 2.75) is 12.8 Å². The lowest BCUT2D eigenvalue weighted by Gasteiger charge is -2.19. The summed E-state index contributed by atoms with van der Waals surface area (Å²) in [6, 6.07) is 4.98. The van der Waals surface area contributed by atoms with E-state index in [-0.39, 0.29) is 17.9 Å². The van der Waals surface area contributed by atoms with Gasteiger partial charge in [0.1, 0.15) is 11.5 Å². The largest absolute Gasteiger partial charge is 0.497 e. The van der Waals surface area contributed by atoms with E-state index in [0.717, 1.165) is 6.42 Å². The molecule has 2 amide bonds. The van der Waals surface area contributed by atoms with Crippen molar-refractivity contribution in [1.29, 1.82) is 0 Å². The zero-order chi connectivity index (χ0) is 16.8. The molecule has 1 fully saturated rings. The lowest BCUT2D eigenvalue weighted by Crippen LogP contribution is -2.33. The minimum atomic E-state index is -0.244. The minimum absolute atomic E-state index is 0.139. The highest BCUT2D eigenvalue weighted by Crippen LogP contribution is 2.30. The number of carbonyl (C=O) groups is 2. The van der Waals surface area contributed by atoms with Crippen LogP contribution < -0.4 is 14.8 Å². The standard InChI is InChI=1S/C16H22N2O5/c1-21-12-4-5-14(22-2)13(9-12)17-16(20)18-7-6-11(10-18)8-15(19)23-3/h4-5,9,11H,6-8,10H2,1-3H3,(H,17,20). The number of benzene rings is 1. The maximum Gasteiger partial charge on any atom is 0.321 e. The number of nitrogens with one attached hydrogen (secondary N) is 1. The van der Waals surface area contributed by atoms with Crippen molar-refractivity contribution in [2.75, 3.05) is 39.7 Å². The quantitative estimate of drug-likeness (QED) is 0.840. The molecule has 1 atom stereocenters. The molecule has 1 unspecified atom stereocenters. The Kier molecular flexibility index (Phi) is 5.67. The van der Waals surface area contributed by atoms with E-state index in [0.29, 0.717) is 36.7 Å². The second-order valence-electron chi connectivity index (χ2n) is 5.38. The van der Waals surface area contributed by atoms with E-state index >= 15 is 0 Å². The molecule has 1 N–H and O–H groups in total. The van der Waals surface area contributed by atoms with Crippen LogP contribution in [0.25, 0.3) is 0 Å². The van der Waals surface area contributed by atoms with E-state index in [2.05, 4.69) is 10.1 Å². The number of hydrogen-bond donors (Lipinski definition) is 1. The number of carbonyl (C=O) groups excluding carboxylic acids is 2. The van der Waals surface area contributed by atoms with Crippen LogP contribution in [-0.4, -0.2) is 51.3 Å². The van der Waals surface area contributed by atoms with Crippen LogP contribution in [-0.2, 0) is 9.53 Å². The molecule has 0 saturated carbocycles. The number of ether oxygens (including phenoxy) is 3. The van der Waals surface area contributed by atoms with Crippen LogP contribution in [0.5, 0.6) is 11.5 Å². The molecule has 126 valence electrons. The second kappa shape index (κ2) is 7.71. The first-order chi connectivity index (χ1) is 11.1. The normalized spacial score (nSPS) is 16.8. The lowest BCUT2D eigenvalue weighted by molar-refractivity contribution is -0.141. The molecule has 1 aromatic carbocycles. The Morgan fingerprint density at radius 2 is 2.04 bits per heavy atom. The smallest absolute Gasteiger partial charge is 0.321 e. The summed E-state index contributed by atoms with van der Waals surface area (Å²) in [7, 11) is 4.47. The van der Waals surface area contributed by atoms with Gasteiger partial charge in [-0.2, -0.15) is 0 Å². The number of hydrogen-bond acceptors (Lipinski definition) is 5. The molecule has 0 spiro atoms. The van der Waals surface area contributed by atoms with E-state index in [1.54, 1.807) is 37.3 Å². The van der Waals surface area contributed by atoms with Crippen molar-refractivity contribution >= 4 is 17.7 Å². The van der Waals surface area contributed by atoms with Crippen molar-refractivity contribution in [2.24, 2.45) is 5.92 Å². The molecule has 1 saturated heterocycles. The topological polar surface area (TPSA) is 77.1 Å². The monoisotopic (exact) mass is 322 g/mol. The third-order valence-corrected chi connectivity index (χ3v) is 3.90. The van der Waals surface area contributed by atoms with Crippen LogP contribution in [0.1, 0.15) is 12.8 Å². The molecular formula is C16H22N2O5. The summed E-state index contributed by atoms with van der Waals surface area (Å²) in [5.74, 6) is 1.09. The Balaban J connectivity index is 1.98. The van der Waals surface area contributed by atoms with E-state index < -0.39 is 0 Å². The third-order valence-electron chi connectivity index (χ3n) is 3.90. The zero-order valence-electron chi connectivity index (χ0n) is 13.6. The molecule has 7 nitrogen and oxygen atoms in total. The van der Waals surface area contributed by atoms with Crippen molar-refractivity contribution in [3.05, 3.63) is 18.2 Å². The molecular weight excluding hydrogens is 300 g/mol. The molecule has 1 aromatic rings. The number of urea groups is 1. The molecule has 0 aliphatic carbocycles. The summed E-state index contributed by atoms with van der Waals surface area (Å²) in [5, 5.41) is 2.83. The Hall–Kier alpha value is -2.44. The first-order valence-electron chi connectivity index (χ1n) is 7.42. The van der Waals surface area contributed by atoms with Crippen LogP contribution in [0.3, 0.4) is 0 Å². The van der Waals surface area contributed by atoms with Gasteiger partial charge in [-0.3, -0.25) is 4.79 Å². The van der Waals surface area contributed by atoms with E-state index in [1.807, 2.05) is 0 Å². The summed E-state index contributed by atoms with van der Waals surface area (Å²) in [4.78, 5) is 25.4. The number of methoxy groups -OCH3 is 3. The summed E-state index contributed by atoms with van der Waals surface area (Å²) in [6.07, 6.45) is 1.13. The number of rotatable bonds is 5. The fourth-order valence-electron chi connectivity index (χ4n) is 2.61. The lowest BCUT2D eigenvalue weighted by atomic mass is 10.1. The highest BCUT2D eigenvalue weighted by atomic mass is 16.5. The second-order valence-corrected chi connectivity index (χ2v) is 5.38. The average molecular weight is 322 g/mol. The molecule has 1 heterocycles. The Morgan fingerprint density at radius 1 is 1.26 bits per heavy atom. The first-order valence-corrected chi connectivity index (χ1v) is 7.42. The van der Waals surface area contributed by atoms with Crippen molar-refractivity contribution in [3.8, 4) is 11.5 Å². The van der Waals surface area contributed by atoms with Gasteiger partial charge in [0.2, 0.25) is 0 Å². The van der Waals surface area contributed by atoms with E-state index in [4.69, 9.17) is 9.47 Å². The third kappa shape index (κ3) is 4.28. The Bertz CT molecular complexity index is 576. The predicted octanol–water partition coefficient (Wildman–Crippen LogP) is 2.12. The first kappa shape index (κ1) is 16.9. The fraction of sp³-hybridized carbons (Fsp3) is 0.500. The van der Waals surface area contributed by atoms with Gasteiger partial charge in [0, 0.05) is 19.2 Å². The molecule has 1 aliphatic heterocycles. The summed E-state index contributed by atoms with van der Waals surface area (Å²) in [6.45, 7) is 1.15. The van der Waals surface area contributed by atoms with Gasteiger partial charge in [0.15, 0.2) is 0 Å². The highest BCUT2D eigenvalue weighted by molar-refractivity contribution is 5.91. The molecule has 0 bridgehead atoms. The van der Waals surface area contributed by atoms with Gasteiger partial charge in [0.05, 0.1) is 33.4 Å². The predicted molar refractivity (Wildman–Crippen MR) is 84.9 cm³/mol. The van der Waals surface area contributed by atoms with E-state index in [9.17, 15) is 9.59 Å². The number of anilines is 1. The highest BCUT2D eigenvalue weighted by Gasteiger charge is 2.28. The van der Waals surface area contributed by atoms with Gasteiger partial charge in [-0.1, -0.05) is 0 Å². The SMILES string of the molecule is COC(=O)CC1CCN(C(=O)Nc2cc(OC)ccc2OC)C1. The molecule has 1 aliphatic rings. The number of esters is 1. The van der Waals surface area contributed by atoms with Crippen LogP contribution in [0.15, 0.2) is 18.2 Å². The van der Waals surface area contributed by atoms with Gasteiger partial charge in [0.25, 0.3) is 0 Å². The molecule has 0 aromatic heterocycles. The molecule has 7 heteroatoms. The summed E-state index contributed by atoms with van der Waals surface area (Å²) >= 11 is 0. The Morgan fingerprint density at radius 3 is 2.70 bits per heavy atom. The van der Waals surface area contributed by atoms with Crippen molar-refractivity contribution in [3.63, 3.8) is 0 Å². The Labute approximate surface area is 135 Å². The number of likely N-dealkylation sites (tertiary alicyclic amines) is 1. The van der Waals surface area contributed by atoms with Gasteiger partial charge in [-0.15, -0.1) is 0 Å². The minimum Gasteiger partial charge on any atom is -0.497 e. The van der Waals surface area contributed by atoms with Crippen LogP contribution in [0, 0.1) is 5.92 Å². The molecule has 23 heavy (non-hydrogen) atoms. The number of amides is 2. The fourth-order valence-corrected chi connectivity index (χ4v) is 2.61. The summed E-state index contributed by atoms with van der Waals surface area (Å²) < 4.78 is 15.1. The van der Waals surface area contributed by atoms with Crippen molar-refractivity contribution < 1.29 is 23.8 Å². The van der Waals surface area contributed by atoms with Crippen LogP contribution in [0.4, 0.5) is 10.5 Å². The molecule has 0 radical (unpaired) electrons. The van der Waals surface area contributed by atoms with Gasteiger partial charge in [-0.05, 0) is 24.5 Å². The average Bonchev–Trinajstić information content (AvgIpc) is 3.03. The summed E-state index contributed by atoms with van der Waals surface area (Å²) in [5.41, 5.74) is 0.549. The maximum atomic E-state index is 12.4. The van der Waals surface area contributed by atoms with Gasteiger partial charge in [-0.25, -0.2) is 4.79 Å².